The molecule has 0 spiro atoms. The molecule has 5 heteroatoms. The molecular formula is C22H21FN2O2. The van der Waals surface area contributed by atoms with Crippen molar-refractivity contribution in [3.63, 3.8) is 0 Å². The maximum Gasteiger partial charge on any atom is 0.264 e. The van der Waals surface area contributed by atoms with Crippen LogP contribution in [0, 0.1) is 0 Å². The normalized spacial score (nSPS) is 10.7. The number of imidazole rings is 1. The SMILES string of the molecule is CCCO.CF.O=c1c2cccc3cccc(c32)c2nc3ccccc3n12. The summed E-state index contributed by atoms with van der Waals surface area (Å²) in [6, 6.07) is 19.7. The first-order chi connectivity index (χ1) is 13.3. The number of aromatic nitrogens is 2. The van der Waals surface area contributed by atoms with E-state index >= 15 is 0 Å². The average Bonchev–Trinajstić information content (AvgIpc) is 3.13. The molecule has 5 aromatic rings. The van der Waals surface area contributed by atoms with Crippen LogP contribution in [-0.4, -0.2) is 28.3 Å². The fourth-order valence-electron chi connectivity index (χ4n) is 3.24. The largest absolute Gasteiger partial charge is 0.396 e. The van der Waals surface area contributed by atoms with Gasteiger partial charge in [0, 0.05) is 22.8 Å². The van der Waals surface area contributed by atoms with Crippen LogP contribution in [0.2, 0.25) is 0 Å². The molecule has 0 unspecified atom stereocenters. The molecular weight excluding hydrogens is 343 g/mol. The summed E-state index contributed by atoms with van der Waals surface area (Å²) in [4.78, 5) is 17.6. The van der Waals surface area contributed by atoms with Gasteiger partial charge in [0.15, 0.2) is 0 Å². The predicted octanol–water partition coefficient (Wildman–Crippen LogP) is 4.57. The number of para-hydroxylation sites is 2. The van der Waals surface area contributed by atoms with Gasteiger partial charge in [0.25, 0.3) is 5.56 Å². The Labute approximate surface area is 155 Å². The monoisotopic (exact) mass is 364 g/mol. The van der Waals surface area contributed by atoms with Crippen molar-refractivity contribution in [2.75, 3.05) is 13.8 Å². The number of fused-ring (bicyclic) bond motifs is 4. The van der Waals surface area contributed by atoms with Crippen molar-refractivity contribution in [2.45, 2.75) is 13.3 Å². The van der Waals surface area contributed by atoms with E-state index in [1.54, 1.807) is 4.40 Å². The third kappa shape index (κ3) is 3.11. The summed E-state index contributed by atoms with van der Waals surface area (Å²) in [5, 5.41) is 11.7. The Morgan fingerprint density at radius 3 is 2.26 bits per heavy atom. The summed E-state index contributed by atoms with van der Waals surface area (Å²) in [5.74, 6) is 0. The Kier molecular flexibility index (Phi) is 5.62. The molecule has 0 bridgehead atoms. The second-order valence-corrected chi connectivity index (χ2v) is 6.00. The van der Waals surface area contributed by atoms with Crippen LogP contribution in [0.25, 0.3) is 38.2 Å². The summed E-state index contributed by atoms with van der Waals surface area (Å²) >= 11 is 0. The molecule has 1 N–H and O–H groups in total. The molecule has 0 saturated carbocycles. The first kappa shape index (κ1) is 18.7. The number of hydrogen-bond donors (Lipinski definition) is 1. The molecule has 2 aromatic heterocycles. The van der Waals surface area contributed by atoms with Gasteiger partial charge < -0.3 is 5.11 Å². The Bertz CT molecular complexity index is 1240. The fourth-order valence-corrected chi connectivity index (χ4v) is 3.24. The number of aliphatic hydroxyl groups is 1. The second kappa shape index (κ2) is 8.10. The Morgan fingerprint density at radius 1 is 0.963 bits per heavy atom. The number of halogens is 1. The summed E-state index contributed by atoms with van der Waals surface area (Å²) in [5.41, 5.74) is 2.46. The lowest BCUT2D eigenvalue weighted by atomic mass is 10.0. The van der Waals surface area contributed by atoms with Gasteiger partial charge in [0.1, 0.15) is 5.65 Å². The summed E-state index contributed by atoms with van der Waals surface area (Å²) in [6.45, 7) is 2.25. The molecule has 138 valence electrons. The van der Waals surface area contributed by atoms with Crippen LogP contribution in [-0.2, 0) is 0 Å². The van der Waals surface area contributed by atoms with Gasteiger partial charge in [-0.2, -0.15) is 0 Å². The van der Waals surface area contributed by atoms with Crippen molar-refractivity contribution in [1.82, 2.24) is 9.38 Å². The van der Waals surface area contributed by atoms with Crippen molar-refractivity contribution in [3.8, 4) is 0 Å². The molecule has 3 aromatic carbocycles. The summed E-state index contributed by atoms with van der Waals surface area (Å²) in [7, 11) is 0.500. The van der Waals surface area contributed by atoms with Gasteiger partial charge in [0.2, 0.25) is 0 Å². The van der Waals surface area contributed by atoms with E-state index in [0.717, 1.165) is 44.6 Å². The van der Waals surface area contributed by atoms with Crippen LogP contribution >= 0.6 is 0 Å². The van der Waals surface area contributed by atoms with E-state index in [2.05, 4.69) is 4.98 Å². The molecule has 0 saturated heterocycles. The van der Waals surface area contributed by atoms with Crippen molar-refractivity contribution in [2.24, 2.45) is 0 Å². The Morgan fingerprint density at radius 2 is 1.59 bits per heavy atom. The fraction of sp³-hybridized carbons (Fsp3) is 0.182. The average molecular weight is 364 g/mol. The minimum atomic E-state index is 0.00278. The third-order valence-corrected chi connectivity index (χ3v) is 4.36. The maximum atomic E-state index is 12.9. The van der Waals surface area contributed by atoms with Gasteiger partial charge in [0.05, 0.1) is 18.2 Å². The third-order valence-electron chi connectivity index (χ3n) is 4.36. The highest BCUT2D eigenvalue weighted by Crippen LogP contribution is 2.29. The smallest absolute Gasteiger partial charge is 0.264 e. The standard InChI is InChI=1S/C18H10N2O.C3H8O.CH3F/c21-18-13-8-4-6-11-5-3-7-12(16(11)13)17-19-14-9-1-2-10-15(14)20(17)18;1-2-3-4;1-2/h1-10H;4H,2-3H2,1H3;1H3. The van der Waals surface area contributed by atoms with Crippen molar-refractivity contribution in [3.05, 3.63) is 71.0 Å². The first-order valence-corrected chi connectivity index (χ1v) is 8.79. The van der Waals surface area contributed by atoms with Crippen LogP contribution in [0.1, 0.15) is 13.3 Å². The second-order valence-electron chi connectivity index (χ2n) is 6.00. The molecule has 0 aliphatic carbocycles. The van der Waals surface area contributed by atoms with E-state index in [-0.39, 0.29) is 5.56 Å². The highest BCUT2D eigenvalue weighted by molar-refractivity contribution is 6.15. The van der Waals surface area contributed by atoms with Crippen LogP contribution in [0.5, 0.6) is 0 Å². The Hall–Kier alpha value is -3.05. The van der Waals surface area contributed by atoms with E-state index in [0.29, 0.717) is 13.8 Å². The van der Waals surface area contributed by atoms with Gasteiger partial charge in [-0.05, 0) is 30.0 Å². The number of pyridine rings is 1. The lowest BCUT2D eigenvalue weighted by molar-refractivity contribution is 0.295. The van der Waals surface area contributed by atoms with Gasteiger partial charge in [-0.1, -0.05) is 49.4 Å². The molecule has 0 fully saturated rings. The van der Waals surface area contributed by atoms with Gasteiger partial charge in [-0.25, -0.2) is 4.98 Å². The molecule has 27 heavy (non-hydrogen) atoms. The van der Waals surface area contributed by atoms with E-state index in [1.807, 2.05) is 67.6 Å². The summed E-state index contributed by atoms with van der Waals surface area (Å²) in [6.07, 6.45) is 0.875. The van der Waals surface area contributed by atoms with Gasteiger partial charge >= 0.3 is 0 Å². The van der Waals surface area contributed by atoms with Crippen LogP contribution in [0.3, 0.4) is 0 Å². The number of hydrogen-bond acceptors (Lipinski definition) is 3. The van der Waals surface area contributed by atoms with E-state index in [1.165, 1.54) is 0 Å². The zero-order chi connectivity index (χ0) is 19.4. The number of aliphatic hydroxyl groups excluding tert-OH is 1. The van der Waals surface area contributed by atoms with Crippen LogP contribution in [0.15, 0.2) is 65.5 Å². The molecule has 0 radical (unpaired) electrons. The highest BCUT2D eigenvalue weighted by atomic mass is 19.1. The Balaban J connectivity index is 0.000000314. The molecule has 0 amide bonds. The molecule has 0 aliphatic rings. The number of nitrogens with zero attached hydrogens (tertiary/aromatic N) is 2. The van der Waals surface area contributed by atoms with Crippen molar-refractivity contribution < 1.29 is 9.50 Å². The topological polar surface area (TPSA) is 54.6 Å². The van der Waals surface area contributed by atoms with Crippen LogP contribution < -0.4 is 5.56 Å². The molecule has 2 heterocycles. The lowest BCUT2D eigenvalue weighted by Gasteiger charge is -2.06. The number of rotatable bonds is 1. The van der Waals surface area contributed by atoms with Gasteiger partial charge in [-0.3, -0.25) is 13.6 Å². The lowest BCUT2D eigenvalue weighted by Crippen LogP contribution is -2.13. The van der Waals surface area contributed by atoms with Gasteiger partial charge in [-0.15, -0.1) is 0 Å². The van der Waals surface area contributed by atoms with Crippen molar-refractivity contribution in [1.29, 1.82) is 0 Å². The minimum Gasteiger partial charge on any atom is -0.396 e. The highest BCUT2D eigenvalue weighted by Gasteiger charge is 2.14. The maximum absolute atomic E-state index is 12.9. The van der Waals surface area contributed by atoms with Crippen molar-refractivity contribution >= 4 is 38.2 Å². The molecule has 0 aliphatic heterocycles. The van der Waals surface area contributed by atoms with Crippen LogP contribution in [0.4, 0.5) is 4.39 Å². The van der Waals surface area contributed by atoms with E-state index < -0.39 is 0 Å². The summed E-state index contributed by atoms with van der Waals surface area (Å²) < 4.78 is 11.2. The number of alkyl halides is 1. The molecule has 5 rings (SSSR count). The number of benzene rings is 3. The predicted molar refractivity (Wildman–Crippen MR) is 110 cm³/mol. The zero-order valence-electron chi connectivity index (χ0n) is 15.3. The van der Waals surface area contributed by atoms with E-state index in [4.69, 9.17) is 5.11 Å². The first-order valence-electron chi connectivity index (χ1n) is 8.79. The zero-order valence-corrected chi connectivity index (χ0v) is 15.3. The molecule has 4 nitrogen and oxygen atoms in total. The van der Waals surface area contributed by atoms with E-state index in [9.17, 15) is 9.18 Å². The quantitative estimate of drug-likeness (QED) is 0.474. The minimum absolute atomic E-state index is 0.00278. The molecule has 0 atom stereocenters.